The van der Waals surface area contributed by atoms with Gasteiger partial charge in [-0.3, -0.25) is 9.59 Å². The lowest BCUT2D eigenvalue weighted by atomic mass is 10.3. The van der Waals surface area contributed by atoms with Crippen molar-refractivity contribution in [2.24, 2.45) is 0 Å². The second-order valence-electron chi connectivity index (χ2n) is 6.34. The Morgan fingerprint density at radius 3 is 2.79 bits per heavy atom. The highest BCUT2D eigenvalue weighted by Crippen LogP contribution is 2.19. The van der Waals surface area contributed by atoms with Crippen molar-refractivity contribution in [3.8, 4) is 0 Å². The maximum Gasteiger partial charge on any atom is 0.268 e. The molecule has 0 aliphatic heterocycles. The third-order valence-electron chi connectivity index (χ3n) is 4.07. The predicted molar refractivity (Wildman–Crippen MR) is 102 cm³/mol. The Balaban J connectivity index is 1.74. The third kappa shape index (κ3) is 3.84. The number of rotatable bonds is 6. The molecule has 3 aromatic rings. The van der Waals surface area contributed by atoms with Crippen LogP contribution in [0, 0.1) is 13.8 Å². The van der Waals surface area contributed by atoms with Crippen LogP contribution in [0.4, 0.5) is 0 Å². The van der Waals surface area contributed by atoms with Crippen molar-refractivity contribution >= 4 is 37.5 Å². The SMILES string of the molecule is Cc1noc(C)c1S(=O)(=O)N[C@@H](C)C(=O)N(C)Cc1nc2ccsc2c(=O)[nH]1. The van der Waals surface area contributed by atoms with Crippen molar-refractivity contribution in [3.05, 3.63) is 39.1 Å². The molecule has 3 heterocycles. The van der Waals surface area contributed by atoms with E-state index in [0.717, 1.165) is 0 Å². The van der Waals surface area contributed by atoms with Crippen molar-refractivity contribution in [1.82, 2.24) is 24.7 Å². The Bertz CT molecular complexity index is 1170. The first-order chi connectivity index (χ1) is 13.1. The number of aromatic nitrogens is 3. The number of carbonyl (C=O) groups excluding carboxylic acids is 1. The standard InChI is InChI=1S/C16H19N5O5S2/c1-8-14(10(3)26-19-8)28(24,25)20-9(2)16(23)21(4)7-12-17-11-5-6-27-13(11)15(22)18-12/h5-6,9,20H,7H2,1-4H3,(H,17,18,22)/t9-/m0/s1. The number of hydrogen-bond donors (Lipinski definition) is 2. The molecule has 2 N–H and O–H groups in total. The molecule has 0 bridgehead atoms. The molecular weight excluding hydrogens is 406 g/mol. The minimum Gasteiger partial charge on any atom is -0.360 e. The summed E-state index contributed by atoms with van der Waals surface area (Å²) in [6.45, 7) is 4.45. The van der Waals surface area contributed by atoms with Crippen LogP contribution in [0.3, 0.4) is 0 Å². The van der Waals surface area contributed by atoms with Gasteiger partial charge in [0, 0.05) is 7.05 Å². The van der Waals surface area contributed by atoms with Crippen molar-refractivity contribution in [3.63, 3.8) is 0 Å². The molecule has 0 aliphatic rings. The molecule has 3 rings (SSSR count). The van der Waals surface area contributed by atoms with Gasteiger partial charge in [0.2, 0.25) is 15.9 Å². The minimum atomic E-state index is -3.98. The smallest absolute Gasteiger partial charge is 0.268 e. The van der Waals surface area contributed by atoms with E-state index in [4.69, 9.17) is 4.52 Å². The monoisotopic (exact) mass is 425 g/mol. The average Bonchev–Trinajstić information content (AvgIpc) is 3.20. The number of nitrogens with zero attached hydrogens (tertiary/aromatic N) is 3. The van der Waals surface area contributed by atoms with E-state index in [9.17, 15) is 18.0 Å². The number of carbonyl (C=O) groups is 1. The second-order valence-corrected chi connectivity index (χ2v) is 8.91. The lowest BCUT2D eigenvalue weighted by molar-refractivity contribution is -0.131. The predicted octanol–water partition coefficient (Wildman–Crippen LogP) is 0.915. The van der Waals surface area contributed by atoms with Crippen LogP contribution in [0.1, 0.15) is 24.2 Å². The van der Waals surface area contributed by atoms with Gasteiger partial charge in [-0.2, -0.15) is 4.72 Å². The van der Waals surface area contributed by atoms with Crippen LogP contribution >= 0.6 is 11.3 Å². The Hall–Kier alpha value is -2.57. The van der Waals surface area contributed by atoms with Crippen LogP contribution in [0.15, 0.2) is 25.7 Å². The molecule has 0 aromatic carbocycles. The number of H-pyrrole nitrogens is 1. The molecule has 0 saturated carbocycles. The number of amides is 1. The molecule has 0 fully saturated rings. The van der Waals surface area contributed by atoms with Crippen LogP contribution in [0.2, 0.25) is 0 Å². The summed E-state index contributed by atoms with van der Waals surface area (Å²) < 4.78 is 32.8. The fraction of sp³-hybridized carbons (Fsp3) is 0.375. The minimum absolute atomic E-state index is 0.0250. The molecular formula is C16H19N5O5S2. The number of nitrogens with one attached hydrogen (secondary N) is 2. The largest absolute Gasteiger partial charge is 0.360 e. The van der Waals surface area contributed by atoms with Gasteiger partial charge in [0.05, 0.1) is 18.1 Å². The maximum atomic E-state index is 12.6. The summed E-state index contributed by atoms with van der Waals surface area (Å²) in [6, 6.07) is 0.682. The fourth-order valence-corrected chi connectivity index (χ4v) is 5.08. The van der Waals surface area contributed by atoms with Gasteiger partial charge in [-0.25, -0.2) is 13.4 Å². The molecule has 12 heteroatoms. The molecule has 10 nitrogen and oxygen atoms in total. The number of aryl methyl sites for hydroxylation is 2. The van der Waals surface area contributed by atoms with Crippen LogP contribution in [-0.2, 0) is 21.4 Å². The van der Waals surface area contributed by atoms with Gasteiger partial charge in [-0.15, -0.1) is 11.3 Å². The number of thiophene rings is 1. The van der Waals surface area contributed by atoms with Crippen LogP contribution in [0.5, 0.6) is 0 Å². The van der Waals surface area contributed by atoms with Gasteiger partial charge in [0.1, 0.15) is 21.1 Å². The first-order valence-corrected chi connectivity index (χ1v) is 10.6. The molecule has 1 atom stereocenters. The fourth-order valence-electron chi connectivity index (χ4n) is 2.83. The summed E-state index contributed by atoms with van der Waals surface area (Å²) in [5, 5.41) is 5.38. The summed E-state index contributed by atoms with van der Waals surface area (Å²) >= 11 is 1.28. The Labute approximate surface area is 164 Å². The molecule has 1 amide bonds. The zero-order chi connectivity index (χ0) is 20.6. The lowest BCUT2D eigenvalue weighted by Crippen LogP contribution is -2.45. The zero-order valence-electron chi connectivity index (χ0n) is 15.6. The molecule has 3 aromatic heterocycles. The van der Waals surface area contributed by atoms with E-state index in [1.807, 2.05) is 0 Å². The van der Waals surface area contributed by atoms with Gasteiger partial charge in [0.25, 0.3) is 5.56 Å². The quantitative estimate of drug-likeness (QED) is 0.599. The van der Waals surface area contributed by atoms with Crippen molar-refractivity contribution in [2.45, 2.75) is 38.3 Å². The summed E-state index contributed by atoms with van der Waals surface area (Å²) in [6.07, 6.45) is 0. The first kappa shape index (κ1) is 20.2. The third-order valence-corrected chi connectivity index (χ3v) is 6.75. The van der Waals surface area contributed by atoms with Crippen molar-refractivity contribution < 1.29 is 17.7 Å². The van der Waals surface area contributed by atoms with E-state index >= 15 is 0 Å². The van der Waals surface area contributed by atoms with Gasteiger partial charge in [-0.05, 0) is 32.2 Å². The van der Waals surface area contributed by atoms with Gasteiger partial charge >= 0.3 is 0 Å². The van der Waals surface area contributed by atoms with E-state index < -0.39 is 22.0 Å². The second kappa shape index (κ2) is 7.45. The van der Waals surface area contributed by atoms with E-state index in [2.05, 4.69) is 19.8 Å². The number of hydrogen-bond acceptors (Lipinski definition) is 8. The van der Waals surface area contributed by atoms with Gasteiger partial charge in [-0.1, -0.05) is 5.16 Å². The number of likely N-dealkylation sites (N-methyl/N-ethyl adjacent to an activating group) is 1. The summed E-state index contributed by atoms with van der Waals surface area (Å²) in [7, 11) is -2.48. The molecule has 0 spiro atoms. The lowest BCUT2D eigenvalue weighted by Gasteiger charge is -2.21. The molecule has 0 saturated heterocycles. The van der Waals surface area contributed by atoms with Crippen LogP contribution < -0.4 is 10.3 Å². The number of aromatic amines is 1. The molecule has 0 aliphatic carbocycles. The Kier molecular flexibility index (Phi) is 5.37. The highest BCUT2D eigenvalue weighted by atomic mass is 32.2. The number of fused-ring (bicyclic) bond motifs is 1. The van der Waals surface area contributed by atoms with E-state index in [-0.39, 0.29) is 28.5 Å². The van der Waals surface area contributed by atoms with Crippen LogP contribution in [0.25, 0.3) is 10.2 Å². The summed E-state index contributed by atoms with van der Waals surface area (Å²) in [5.41, 5.74) is 0.489. The van der Waals surface area contributed by atoms with Crippen LogP contribution in [-0.4, -0.2) is 47.4 Å². The van der Waals surface area contributed by atoms with Crippen molar-refractivity contribution in [2.75, 3.05) is 7.05 Å². The van der Waals surface area contributed by atoms with Gasteiger partial charge < -0.3 is 14.4 Å². The van der Waals surface area contributed by atoms with Gasteiger partial charge in [0.15, 0.2) is 5.76 Å². The van der Waals surface area contributed by atoms with E-state index in [1.54, 1.807) is 11.4 Å². The van der Waals surface area contributed by atoms with E-state index in [1.165, 1.54) is 44.1 Å². The maximum absolute atomic E-state index is 12.6. The molecule has 0 radical (unpaired) electrons. The average molecular weight is 425 g/mol. The first-order valence-electron chi connectivity index (χ1n) is 8.26. The van der Waals surface area contributed by atoms with E-state index in [0.29, 0.717) is 16.0 Å². The Morgan fingerprint density at radius 1 is 1.43 bits per heavy atom. The zero-order valence-corrected chi connectivity index (χ0v) is 17.3. The highest BCUT2D eigenvalue weighted by Gasteiger charge is 2.29. The topological polar surface area (TPSA) is 138 Å². The Morgan fingerprint density at radius 2 is 2.14 bits per heavy atom. The molecule has 0 unspecified atom stereocenters. The summed E-state index contributed by atoms with van der Waals surface area (Å²) in [5.74, 6) is -0.0280. The van der Waals surface area contributed by atoms with Crippen molar-refractivity contribution in [1.29, 1.82) is 0 Å². The molecule has 150 valence electrons. The molecule has 28 heavy (non-hydrogen) atoms. The summed E-state index contributed by atoms with van der Waals surface area (Å²) in [4.78, 5) is 32.8. The normalized spacial score (nSPS) is 13.0. The highest BCUT2D eigenvalue weighted by molar-refractivity contribution is 7.89. The number of sulfonamides is 1.